The van der Waals surface area contributed by atoms with Gasteiger partial charge in [-0.25, -0.2) is 4.79 Å². The molecule has 2 aromatic carbocycles. The minimum Gasteiger partial charge on any atom is -0.489 e. The summed E-state index contributed by atoms with van der Waals surface area (Å²) in [6.07, 6.45) is 3.93. The quantitative estimate of drug-likeness (QED) is 0.636. The Bertz CT molecular complexity index is 1030. The normalized spacial score (nSPS) is 11.1. The van der Waals surface area contributed by atoms with Gasteiger partial charge in [-0.15, -0.1) is 0 Å². The van der Waals surface area contributed by atoms with Crippen molar-refractivity contribution in [2.45, 2.75) is 19.8 Å². The van der Waals surface area contributed by atoms with Crippen molar-refractivity contribution < 1.29 is 19.1 Å². The SMILES string of the molecule is Cc1c(CCC(=O)O)c(=O)oc2cc(OC/C=C/c3ccccc3)ccc12. The van der Waals surface area contributed by atoms with Crippen LogP contribution in [0, 0.1) is 6.92 Å². The van der Waals surface area contributed by atoms with Crippen LogP contribution >= 0.6 is 0 Å². The number of fused-ring (bicyclic) bond motifs is 1. The monoisotopic (exact) mass is 364 g/mol. The summed E-state index contributed by atoms with van der Waals surface area (Å²) < 4.78 is 11.1. The molecule has 0 spiro atoms. The molecule has 0 aliphatic carbocycles. The predicted octanol–water partition coefficient (Wildman–Crippen LogP) is 4.21. The molecule has 0 unspecified atom stereocenters. The minimum atomic E-state index is -0.943. The van der Waals surface area contributed by atoms with Gasteiger partial charge in [0, 0.05) is 23.4 Å². The molecule has 0 radical (unpaired) electrons. The Balaban J connectivity index is 1.75. The molecule has 0 saturated heterocycles. The van der Waals surface area contributed by atoms with E-state index >= 15 is 0 Å². The lowest BCUT2D eigenvalue weighted by Gasteiger charge is -2.09. The highest BCUT2D eigenvalue weighted by molar-refractivity contribution is 5.82. The van der Waals surface area contributed by atoms with Crippen molar-refractivity contribution >= 4 is 23.0 Å². The van der Waals surface area contributed by atoms with Crippen LogP contribution < -0.4 is 10.4 Å². The summed E-state index contributed by atoms with van der Waals surface area (Å²) >= 11 is 0. The van der Waals surface area contributed by atoms with E-state index in [-0.39, 0.29) is 12.8 Å². The second-order valence-corrected chi connectivity index (χ2v) is 6.17. The van der Waals surface area contributed by atoms with E-state index in [1.54, 1.807) is 13.0 Å². The van der Waals surface area contributed by atoms with Crippen molar-refractivity contribution in [1.82, 2.24) is 0 Å². The van der Waals surface area contributed by atoms with Crippen LogP contribution in [0.15, 0.2) is 63.8 Å². The molecule has 0 atom stereocenters. The maximum atomic E-state index is 12.2. The number of carboxylic acid groups (broad SMARTS) is 1. The first-order valence-electron chi connectivity index (χ1n) is 8.67. The average Bonchev–Trinajstić information content (AvgIpc) is 2.65. The number of carbonyl (C=O) groups is 1. The topological polar surface area (TPSA) is 76.7 Å². The summed E-state index contributed by atoms with van der Waals surface area (Å²) in [6.45, 7) is 2.19. The standard InChI is InChI=1S/C22H20O5/c1-15-18-10-9-17(26-13-5-8-16-6-3-2-4-7-16)14-20(18)27-22(25)19(15)11-12-21(23)24/h2-10,14H,11-13H2,1H3,(H,23,24)/b8-5+. The van der Waals surface area contributed by atoms with Crippen LogP contribution in [0.4, 0.5) is 0 Å². The number of rotatable bonds is 7. The van der Waals surface area contributed by atoms with E-state index in [1.807, 2.05) is 54.6 Å². The van der Waals surface area contributed by atoms with Gasteiger partial charge in [0.1, 0.15) is 17.9 Å². The Morgan fingerprint density at radius 3 is 2.70 bits per heavy atom. The molecule has 3 rings (SSSR count). The molecule has 0 bridgehead atoms. The van der Waals surface area contributed by atoms with Gasteiger partial charge in [0.05, 0.1) is 0 Å². The van der Waals surface area contributed by atoms with Gasteiger partial charge < -0.3 is 14.3 Å². The third-order valence-electron chi connectivity index (χ3n) is 4.30. The maximum Gasteiger partial charge on any atom is 0.339 e. The first-order valence-corrected chi connectivity index (χ1v) is 8.67. The molecule has 5 nitrogen and oxygen atoms in total. The summed E-state index contributed by atoms with van der Waals surface area (Å²) in [5.41, 5.74) is 2.18. The number of aryl methyl sites for hydroxylation is 1. The molecule has 27 heavy (non-hydrogen) atoms. The van der Waals surface area contributed by atoms with Gasteiger partial charge in [0.2, 0.25) is 0 Å². The van der Waals surface area contributed by atoms with E-state index in [1.165, 1.54) is 0 Å². The second-order valence-electron chi connectivity index (χ2n) is 6.17. The Kier molecular flexibility index (Phi) is 5.71. The number of aliphatic carboxylic acids is 1. The van der Waals surface area contributed by atoms with Gasteiger partial charge in [-0.3, -0.25) is 4.79 Å². The fraction of sp³-hybridized carbons (Fsp3) is 0.182. The molecule has 5 heteroatoms. The molecule has 1 heterocycles. The molecular formula is C22H20O5. The molecule has 138 valence electrons. The second kappa shape index (κ2) is 8.36. The van der Waals surface area contributed by atoms with Crippen molar-refractivity contribution in [2.24, 2.45) is 0 Å². The van der Waals surface area contributed by atoms with Gasteiger partial charge in [-0.1, -0.05) is 36.4 Å². The van der Waals surface area contributed by atoms with E-state index < -0.39 is 11.6 Å². The summed E-state index contributed by atoms with van der Waals surface area (Å²) in [5.74, 6) is -0.345. The van der Waals surface area contributed by atoms with Crippen LogP contribution in [-0.4, -0.2) is 17.7 Å². The Morgan fingerprint density at radius 1 is 1.19 bits per heavy atom. The van der Waals surface area contributed by atoms with Crippen molar-refractivity contribution in [3.63, 3.8) is 0 Å². The average molecular weight is 364 g/mol. The highest BCUT2D eigenvalue weighted by Gasteiger charge is 2.13. The number of ether oxygens (including phenoxy) is 1. The van der Waals surface area contributed by atoms with Crippen LogP contribution in [0.2, 0.25) is 0 Å². The first-order chi connectivity index (χ1) is 13.0. The van der Waals surface area contributed by atoms with Crippen molar-refractivity contribution in [1.29, 1.82) is 0 Å². The van der Waals surface area contributed by atoms with Crippen molar-refractivity contribution in [2.75, 3.05) is 6.61 Å². The van der Waals surface area contributed by atoms with Crippen LogP contribution in [0.3, 0.4) is 0 Å². The van der Waals surface area contributed by atoms with E-state index in [2.05, 4.69) is 0 Å². The third-order valence-corrected chi connectivity index (χ3v) is 4.30. The van der Waals surface area contributed by atoms with E-state index in [9.17, 15) is 9.59 Å². The van der Waals surface area contributed by atoms with Gasteiger partial charge in [0.15, 0.2) is 0 Å². The lowest BCUT2D eigenvalue weighted by Crippen LogP contribution is -2.12. The molecule has 0 saturated carbocycles. The van der Waals surface area contributed by atoms with Gasteiger partial charge >= 0.3 is 11.6 Å². The fourth-order valence-corrected chi connectivity index (χ4v) is 2.88. The zero-order valence-corrected chi connectivity index (χ0v) is 15.0. The van der Waals surface area contributed by atoms with Crippen LogP contribution in [0.5, 0.6) is 5.75 Å². The summed E-state index contributed by atoms with van der Waals surface area (Å²) in [5, 5.41) is 9.61. The number of benzene rings is 2. The highest BCUT2D eigenvalue weighted by Crippen LogP contribution is 2.24. The number of hydrogen-bond donors (Lipinski definition) is 1. The molecule has 3 aromatic rings. The summed E-state index contributed by atoms with van der Waals surface area (Å²) in [4.78, 5) is 22.9. The van der Waals surface area contributed by atoms with Gasteiger partial charge in [-0.2, -0.15) is 0 Å². The first kappa shape index (κ1) is 18.5. The lowest BCUT2D eigenvalue weighted by molar-refractivity contribution is -0.136. The number of hydrogen-bond acceptors (Lipinski definition) is 4. The highest BCUT2D eigenvalue weighted by atomic mass is 16.5. The number of carboxylic acids is 1. The Morgan fingerprint density at radius 2 is 1.96 bits per heavy atom. The van der Waals surface area contributed by atoms with E-state index in [0.717, 1.165) is 16.5 Å². The summed E-state index contributed by atoms with van der Waals surface area (Å²) in [7, 11) is 0. The van der Waals surface area contributed by atoms with E-state index in [0.29, 0.717) is 23.5 Å². The third kappa shape index (κ3) is 4.64. The minimum absolute atomic E-state index is 0.105. The maximum absolute atomic E-state index is 12.2. The molecule has 0 fully saturated rings. The summed E-state index contributed by atoms with van der Waals surface area (Å²) in [6, 6.07) is 15.2. The Labute approximate surface area is 156 Å². The molecule has 0 aliphatic heterocycles. The van der Waals surface area contributed by atoms with E-state index in [4.69, 9.17) is 14.3 Å². The fourth-order valence-electron chi connectivity index (χ4n) is 2.88. The van der Waals surface area contributed by atoms with Gasteiger partial charge in [-0.05, 0) is 42.7 Å². The smallest absolute Gasteiger partial charge is 0.339 e. The van der Waals surface area contributed by atoms with Crippen LogP contribution in [0.1, 0.15) is 23.1 Å². The lowest BCUT2D eigenvalue weighted by atomic mass is 10.0. The van der Waals surface area contributed by atoms with Gasteiger partial charge in [0.25, 0.3) is 0 Å². The molecular weight excluding hydrogens is 344 g/mol. The van der Waals surface area contributed by atoms with Crippen LogP contribution in [0.25, 0.3) is 17.0 Å². The van der Waals surface area contributed by atoms with Crippen molar-refractivity contribution in [3.8, 4) is 5.75 Å². The largest absolute Gasteiger partial charge is 0.489 e. The molecule has 1 aromatic heterocycles. The van der Waals surface area contributed by atoms with Crippen LogP contribution in [-0.2, 0) is 11.2 Å². The Hall–Kier alpha value is -3.34. The van der Waals surface area contributed by atoms with Crippen molar-refractivity contribution in [3.05, 3.63) is 81.7 Å². The molecule has 0 amide bonds. The zero-order valence-electron chi connectivity index (χ0n) is 15.0. The zero-order chi connectivity index (χ0) is 19.2. The predicted molar refractivity (Wildman–Crippen MR) is 104 cm³/mol. The molecule has 0 aliphatic rings. The molecule has 1 N–H and O–H groups in total.